The van der Waals surface area contributed by atoms with E-state index in [9.17, 15) is 4.79 Å². The van der Waals surface area contributed by atoms with E-state index in [1.807, 2.05) is 0 Å². The number of anilines is 2. The molecular formula is C11H19N5O. The van der Waals surface area contributed by atoms with Gasteiger partial charge in [-0.1, -0.05) is 6.92 Å². The number of nitrogens with zero attached hydrogens (tertiary/aromatic N) is 3. The van der Waals surface area contributed by atoms with Crippen molar-refractivity contribution in [2.45, 2.75) is 13.3 Å². The molecule has 1 aliphatic rings. The highest BCUT2D eigenvalue weighted by molar-refractivity contribution is 5.61. The van der Waals surface area contributed by atoms with Crippen LogP contribution in [0.15, 0.2) is 11.1 Å². The maximum atomic E-state index is 11.4. The minimum absolute atomic E-state index is 0.219. The summed E-state index contributed by atoms with van der Waals surface area (Å²) in [6.07, 6.45) is 2.58. The van der Waals surface area contributed by atoms with Crippen molar-refractivity contribution in [3.8, 4) is 0 Å². The minimum Gasteiger partial charge on any atom is -0.391 e. The fourth-order valence-corrected chi connectivity index (χ4v) is 2.15. The van der Waals surface area contributed by atoms with Crippen LogP contribution in [0.3, 0.4) is 0 Å². The summed E-state index contributed by atoms with van der Waals surface area (Å²) in [6.45, 7) is 7.07. The molecule has 1 saturated heterocycles. The van der Waals surface area contributed by atoms with Crippen molar-refractivity contribution in [1.29, 1.82) is 0 Å². The molecule has 0 amide bonds. The number of H-pyrrole nitrogens is 1. The number of hydrogen-bond acceptors (Lipinski definition) is 5. The first-order valence-corrected chi connectivity index (χ1v) is 6.03. The van der Waals surface area contributed by atoms with Crippen LogP contribution in [0.5, 0.6) is 0 Å². The summed E-state index contributed by atoms with van der Waals surface area (Å²) < 4.78 is 0. The fraction of sp³-hybridized carbons (Fsp3) is 0.636. The van der Waals surface area contributed by atoms with Crippen LogP contribution in [-0.4, -0.2) is 47.6 Å². The number of nitrogens with one attached hydrogen (secondary N) is 1. The second-order valence-electron chi connectivity index (χ2n) is 4.30. The SMILES string of the molecule is CCCN1CCN(c2nc[nH]c(=O)c2N)CC1. The Bertz CT molecular complexity index is 422. The van der Waals surface area contributed by atoms with Crippen LogP contribution in [0.4, 0.5) is 11.5 Å². The highest BCUT2D eigenvalue weighted by Crippen LogP contribution is 2.16. The summed E-state index contributed by atoms with van der Waals surface area (Å²) in [4.78, 5) is 22.5. The Kier molecular flexibility index (Phi) is 3.63. The minimum atomic E-state index is -0.258. The van der Waals surface area contributed by atoms with Gasteiger partial charge in [0.2, 0.25) is 0 Å². The van der Waals surface area contributed by atoms with Crippen LogP contribution in [0.2, 0.25) is 0 Å². The lowest BCUT2D eigenvalue weighted by atomic mass is 10.3. The van der Waals surface area contributed by atoms with E-state index in [1.165, 1.54) is 12.7 Å². The lowest BCUT2D eigenvalue weighted by Crippen LogP contribution is -2.47. The van der Waals surface area contributed by atoms with E-state index in [2.05, 4.69) is 26.7 Å². The van der Waals surface area contributed by atoms with Crippen LogP contribution >= 0.6 is 0 Å². The van der Waals surface area contributed by atoms with E-state index in [1.54, 1.807) is 0 Å². The molecule has 2 rings (SSSR count). The van der Waals surface area contributed by atoms with Gasteiger partial charge in [0.05, 0.1) is 6.33 Å². The van der Waals surface area contributed by atoms with Gasteiger partial charge in [0, 0.05) is 26.2 Å². The number of rotatable bonds is 3. The lowest BCUT2D eigenvalue weighted by molar-refractivity contribution is 0.258. The molecule has 0 bridgehead atoms. The van der Waals surface area contributed by atoms with Gasteiger partial charge in [-0.05, 0) is 13.0 Å². The van der Waals surface area contributed by atoms with Crippen molar-refractivity contribution in [3.05, 3.63) is 16.7 Å². The van der Waals surface area contributed by atoms with Crippen molar-refractivity contribution in [2.75, 3.05) is 43.4 Å². The van der Waals surface area contributed by atoms with Crippen molar-refractivity contribution in [2.24, 2.45) is 0 Å². The average Bonchev–Trinajstić information content (AvgIpc) is 2.34. The molecule has 1 aromatic rings. The zero-order chi connectivity index (χ0) is 12.3. The van der Waals surface area contributed by atoms with Gasteiger partial charge < -0.3 is 15.6 Å². The number of aromatic nitrogens is 2. The molecule has 2 heterocycles. The van der Waals surface area contributed by atoms with E-state index in [-0.39, 0.29) is 11.2 Å². The number of nitrogens with two attached hydrogens (primary N) is 1. The molecule has 0 radical (unpaired) electrons. The molecule has 1 aromatic heterocycles. The summed E-state index contributed by atoms with van der Waals surface area (Å²) in [7, 11) is 0. The molecule has 6 heteroatoms. The van der Waals surface area contributed by atoms with Gasteiger partial charge in [-0.2, -0.15) is 0 Å². The molecule has 3 N–H and O–H groups in total. The lowest BCUT2D eigenvalue weighted by Gasteiger charge is -2.35. The Labute approximate surface area is 100 Å². The number of nitrogen functional groups attached to an aromatic ring is 1. The van der Waals surface area contributed by atoms with Crippen molar-refractivity contribution in [1.82, 2.24) is 14.9 Å². The molecule has 0 spiro atoms. The highest BCUT2D eigenvalue weighted by Gasteiger charge is 2.19. The molecule has 0 unspecified atom stereocenters. The first kappa shape index (κ1) is 11.9. The molecule has 17 heavy (non-hydrogen) atoms. The van der Waals surface area contributed by atoms with E-state index in [0.717, 1.165) is 32.7 Å². The van der Waals surface area contributed by atoms with E-state index >= 15 is 0 Å². The largest absolute Gasteiger partial charge is 0.391 e. The van der Waals surface area contributed by atoms with Crippen molar-refractivity contribution >= 4 is 11.5 Å². The molecular weight excluding hydrogens is 218 g/mol. The number of aromatic amines is 1. The summed E-state index contributed by atoms with van der Waals surface area (Å²) in [5.41, 5.74) is 5.71. The Morgan fingerprint density at radius 3 is 2.76 bits per heavy atom. The zero-order valence-electron chi connectivity index (χ0n) is 10.1. The molecule has 0 aromatic carbocycles. The topological polar surface area (TPSA) is 78.2 Å². The van der Waals surface area contributed by atoms with Crippen molar-refractivity contribution < 1.29 is 0 Å². The molecule has 1 aliphatic heterocycles. The summed E-state index contributed by atoms with van der Waals surface area (Å²) >= 11 is 0. The Morgan fingerprint density at radius 2 is 2.12 bits per heavy atom. The van der Waals surface area contributed by atoms with Crippen LogP contribution in [0.25, 0.3) is 0 Å². The van der Waals surface area contributed by atoms with Gasteiger partial charge in [-0.3, -0.25) is 9.69 Å². The van der Waals surface area contributed by atoms with Crippen LogP contribution < -0.4 is 16.2 Å². The van der Waals surface area contributed by atoms with Gasteiger partial charge in [-0.25, -0.2) is 4.98 Å². The third-order valence-electron chi connectivity index (χ3n) is 3.08. The van der Waals surface area contributed by atoms with Crippen molar-refractivity contribution in [3.63, 3.8) is 0 Å². The fourth-order valence-electron chi connectivity index (χ4n) is 2.15. The van der Waals surface area contributed by atoms with Crippen LogP contribution in [0, 0.1) is 0 Å². The predicted octanol–water partition coefficient (Wildman–Crippen LogP) is -0.116. The highest BCUT2D eigenvalue weighted by atomic mass is 16.1. The van der Waals surface area contributed by atoms with Gasteiger partial charge in [0.25, 0.3) is 5.56 Å². The molecule has 94 valence electrons. The molecule has 0 atom stereocenters. The molecule has 1 fully saturated rings. The smallest absolute Gasteiger partial charge is 0.276 e. The number of hydrogen-bond donors (Lipinski definition) is 2. The summed E-state index contributed by atoms with van der Waals surface area (Å²) in [5.74, 6) is 0.616. The zero-order valence-corrected chi connectivity index (χ0v) is 10.1. The predicted molar refractivity (Wildman–Crippen MR) is 68.2 cm³/mol. The Balaban J connectivity index is 2.05. The summed E-state index contributed by atoms with van der Waals surface area (Å²) in [6, 6.07) is 0. The quantitative estimate of drug-likeness (QED) is 0.766. The average molecular weight is 237 g/mol. The number of piperazine rings is 1. The van der Waals surface area contributed by atoms with E-state index < -0.39 is 0 Å². The second kappa shape index (κ2) is 5.18. The van der Waals surface area contributed by atoms with E-state index in [4.69, 9.17) is 5.73 Å². The first-order valence-electron chi connectivity index (χ1n) is 6.03. The summed E-state index contributed by atoms with van der Waals surface area (Å²) in [5, 5.41) is 0. The van der Waals surface area contributed by atoms with Gasteiger partial charge >= 0.3 is 0 Å². The monoisotopic (exact) mass is 237 g/mol. The Morgan fingerprint density at radius 1 is 1.41 bits per heavy atom. The standard InChI is InChI=1S/C11H19N5O/c1-2-3-15-4-6-16(7-5-15)10-9(12)11(17)14-8-13-10/h8H,2-7,12H2,1H3,(H,13,14,17). The first-order chi connectivity index (χ1) is 8.22. The third kappa shape index (κ3) is 2.58. The maximum absolute atomic E-state index is 11.4. The molecule has 0 saturated carbocycles. The van der Waals surface area contributed by atoms with E-state index in [0.29, 0.717) is 5.82 Å². The second-order valence-corrected chi connectivity index (χ2v) is 4.30. The molecule has 6 nitrogen and oxygen atoms in total. The molecule has 0 aliphatic carbocycles. The van der Waals surface area contributed by atoms with Gasteiger partial charge in [-0.15, -0.1) is 0 Å². The van der Waals surface area contributed by atoms with Gasteiger partial charge in [0.15, 0.2) is 5.82 Å². The maximum Gasteiger partial charge on any atom is 0.276 e. The normalized spacial score (nSPS) is 17.4. The van der Waals surface area contributed by atoms with Gasteiger partial charge in [0.1, 0.15) is 5.69 Å². The van der Waals surface area contributed by atoms with Crippen LogP contribution in [0.1, 0.15) is 13.3 Å². The van der Waals surface area contributed by atoms with Crippen LogP contribution in [-0.2, 0) is 0 Å². The Hall–Kier alpha value is -1.56. The third-order valence-corrected chi connectivity index (χ3v) is 3.08.